The summed E-state index contributed by atoms with van der Waals surface area (Å²) < 4.78 is 1.92. The van der Waals surface area contributed by atoms with E-state index < -0.39 is 0 Å². The van der Waals surface area contributed by atoms with Gasteiger partial charge in [0.2, 0.25) is 5.91 Å². The van der Waals surface area contributed by atoms with Crippen LogP contribution in [-0.2, 0) is 4.79 Å². The molecule has 2 amide bonds. The predicted molar refractivity (Wildman–Crippen MR) is 104 cm³/mol. The molecule has 1 N–H and O–H groups in total. The van der Waals surface area contributed by atoms with E-state index in [1.54, 1.807) is 24.8 Å². The van der Waals surface area contributed by atoms with Gasteiger partial charge in [-0.15, -0.1) is 0 Å². The van der Waals surface area contributed by atoms with Crippen LogP contribution in [-0.4, -0.2) is 50.9 Å². The first-order valence-electron chi connectivity index (χ1n) is 9.63. The van der Waals surface area contributed by atoms with E-state index in [-0.39, 0.29) is 17.2 Å². The zero-order chi connectivity index (χ0) is 19.1. The van der Waals surface area contributed by atoms with Gasteiger partial charge in [-0.05, 0) is 62.7 Å². The maximum absolute atomic E-state index is 13.1. The number of likely N-dealkylation sites (tertiary alicyclic amines) is 1. The molecule has 2 fully saturated rings. The molecule has 28 heavy (non-hydrogen) atoms. The summed E-state index contributed by atoms with van der Waals surface area (Å²) in [6, 6.07) is 9.20. The fourth-order valence-corrected chi connectivity index (χ4v) is 4.39. The van der Waals surface area contributed by atoms with Gasteiger partial charge in [0, 0.05) is 24.5 Å². The first kappa shape index (κ1) is 17.1. The number of amides is 2. The van der Waals surface area contributed by atoms with Crippen LogP contribution in [0.15, 0.2) is 49.1 Å². The quantitative estimate of drug-likeness (QED) is 0.695. The van der Waals surface area contributed by atoms with Gasteiger partial charge in [-0.1, -0.05) is 0 Å². The van der Waals surface area contributed by atoms with E-state index in [1.807, 2.05) is 28.8 Å². The van der Waals surface area contributed by atoms with Gasteiger partial charge in [0.15, 0.2) is 0 Å². The Hall–Kier alpha value is -3.06. The third-order valence-corrected chi connectivity index (χ3v) is 6.05. The smallest absolute Gasteiger partial charge is 0.260 e. The molecule has 7 heteroatoms. The monoisotopic (exact) mass is 375 g/mol. The number of piperidine rings is 1. The second-order valence-corrected chi connectivity index (χ2v) is 7.57. The van der Waals surface area contributed by atoms with Crippen molar-refractivity contribution in [2.45, 2.75) is 19.3 Å². The molecule has 0 atom stereocenters. The number of rotatable bonds is 2. The molecule has 0 aliphatic carbocycles. The lowest BCUT2D eigenvalue weighted by molar-refractivity contribution is -0.135. The van der Waals surface area contributed by atoms with Crippen molar-refractivity contribution < 1.29 is 9.59 Å². The minimum absolute atomic E-state index is 0.0123. The Morgan fingerprint density at radius 3 is 2.64 bits per heavy atom. The standard InChI is InChI=1S/C21H21N5O2/c27-19(25-12-7-21(20(25)28)5-10-23-11-6-21)15-1-2-17-18(13-15)26(14-24-17)16-3-8-22-9-4-16/h1-4,8-9,13-14,23H,5-7,10-12H2. The van der Waals surface area contributed by atoms with Crippen LogP contribution in [0.5, 0.6) is 0 Å². The number of hydrogen-bond donors (Lipinski definition) is 1. The molecule has 2 saturated heterocycles. The van der Waals surface area contributed by atoms with Crippen molar-refractivity contribution in [1.29, 1.82) is 0 Å². The van der Waals surface area contributed by atoms with Crippen LogP contribution in [0.2, 0.25) is 0 Å². The molecule has 3 aromatic rings. The fraction of sp³-hybridized carbons (Fsp3) is 0.333. The summed E-state index contributed by atoms with van der Waals surface area (Å²) in [4.78, 5) is 36.1. The summed E-state index contributed by atoms with van der Waals surface area (Å²) in [7, 11) is 0. The minimum Gasteiger partial charge on any atom is -0.317 e. The second kappa shape index (κ2) is 6.53. The minimum atomic E-state index is -0.357. The summed E-state index contributed by atoms with van der Waals surface area (Å²) in [6.45, 7) is 2.18. The largest absolute Gasteiger partial charge is 0.317 e. The number of imide groups is 1. The van der Waals surface area contributed by atoms with E-state index in [2.05, 4.69) is 15.3 Å². The number of benzene rings is 1. The van der Waals surface area contributed by atoms with Crippen LogP contribution in [0, 0.1) is 5.41 Å². The van der Waals surface area contributed by atoms with Crippen LogP contribution in [0.1, 0.15) is 29.6 Å². The average molecular weight is 375 g/mol. The third kappa shape index (κ3) is 2.62. The third-order valence-electron chi connectivity index (χ3n) is 6.05. The van der Waals surface area contributed by atoms with Crippen LogP contribution >= 0.6 is 0 Å². The summed E-state index contributed by atoms with van der Waals surface area (Å²) in [5.41, 5.74) is 2.72. The summed E-state index contributed by atoms with van der Waals surface area (Å²) in [5.74, 6) is -0.230. The number of pyridine rings is 1. The van der Waals surface area contributed by atoms with Gasteiger partial charge in [-0.25, -0.2) is 4.98 Å². The number of aromatic nitrogens is 3. The second-order valence-electron chi connectivity index (χ2n) is 7.57. The molecule has 142 valence electrons. The number of carbonyl (C=O) groups is 2. The van der Waals surface area contributed by atoms with Gasteiger partial charge in [0.25, 0.3) is 5.91 Å². The van der Waals surface area contributed by atoms with Gasteiger partial charge in [-0.3, -0.25) is 24.0 Å². The fourth-order valence-electron chi connectivity index (χ4n) is 4.39. The zero-order valence-electron chi connectivity index (χ0n) is 15.5. The van der Waals surface area contributed by atoms with Crippen LogP contribution in [0.4, 0.5) is 0 Å². The van der Waals surface area contributed by atoms with Crippen molar-refractivity contribution in [3.05, 3.63) is 54.6 Å². The molecule has 0 saturated carbocycles. The van der Waals surface area contributed by atoms with E-state index in [4.69, 9.17) is 0 Å². The molecular weight excluding hydrogens is 354 g/mol. The summed E-state index contributed by atoms with van der Waals surface area (Å²) in [6.07, 6.45) is 7.55. The molecule has 0 radical (unpaired) electrons. The molecule has 5 rings (SSSR count). The lowest BCUT2D eigenvalue weighted by Crippen LogP contribution is -2.44. The predicted octanol–water partition coefficient (Wildman–Crippen LogP) is 2.16. The van der Waals surface area contributed by atoms with Crippen molar-refractivity contribution >= 4 is 22.8 Å². The Morgan fingerprint density at radius 2 is 1.86 bits per heavy atom. The van der Waals surface area contributed by atoms with Crippen molar-refractivity contribution in [2.75, 3.05) is 19.6 Å². The number of hydrogen-bond acceptors (Lipinski definition) is 5. The number of nitrogens with zero attached hydrogens (tertiary/aromatic N) is 4. The average Bonchev–Trinajstić information content (AvgIpc) is 3.30. The van der Waals surface area contributed by atoms with Crippen molar-refractivity contribution in [3.63, 3.8) is 0 Å². The molecule has 2 aromatic heterocycles. The molecule has 2 aliphatic rings. The normalized spacial score (nSPS) is 18.9. The highest BCUT2D eigenvalue weighted by molar-refractivity contribution is 6.08. The van der Waals surface area contributed by atoms with Crippen LogP contribution < -0.4 is 5.32 Å². The van der Waals surface area contributed by atoms with Gasteiger partial charge < -0.3 is 5.32 Å². The first-order valence-corrected chi connectivity index (χ1v) is 9.63. The van der Waals surface area contributed by atoms with Crippen LogP contribution in [0.3, 0.4) is 0 Å². The Kier molecular flexibility index (Phi) is 3.98. The van der Waals surface area contributed by atoms with E-state index in [0.29, 0.717) is 12.1 Å². The Labute approximate surface area is 162 Å². The Morgan fingerprint density at radius 1 is 1.07 bits per heavy atom. The number of carbonyl (C=O) groups excluding carboxylic acids is 2. The Balaban J connectivity index is 1.48. The zero-order valence-corrected chi connectivity index (χ0v) is 15.5. The Bertz CT molecular complexity index is 1050. The molecule has 0 bridgehead atoms. The molecular formula is C21H21N5O2. The molecule has 4 heterocycles. The maximum Gasteiger partial charge on any atom is 0.260 e. The molecule has 1 spiro atoms. The summed E-state index contributed by atoms with van der Waals surface area (Å²) >= 11 is 0. The molecule has 7 nitrogen and oxygen atoms in total. The molecule has 2 aliphatic heterocycles. The number of nitrogens with one attached hydrogen (secondary N) is 1. The SMILES string of the molecule is O=C(c1ccc2ncn(-c3ccncc3)c2c1)N1CCC2(CCNCC2)C1=O. The van der Waals surface area contributed by atoms with Gasteiger partial charge in [0.05, 0.1) is 22.1 Å². The highest BCUT2D eigenvalue weighted by Crippen LogP contribution is 2.40. The van der Waals surface area contributed by atoms with Gasteiger partial charge >= 0.3 is 0 Å². The van der Waals surface area contributed by atoms with Crippen molar-refractivity contribution in [3.8, 4) is 5.69 Å². The van der Waals surface area contributed by atoms with E-state index >= 15 is 0 Å². The lowest BCUT2D eigenvalue weighted by Gasteiger charge is -2.31. The lowest BCUT2D eigenvalue weighted by atomic mass is 9.78. The van der Waals surface area contributed by atoms with Gasteiger partial charge in [0.1, 0.15) is 6.33 Å². The topological polar surface area (TPSA) is 80.1 Å². The number of imidazole rings is 1. The van der Waals surface area contributed by atoms with E-state index in [0.717, 1.165) is 49.1 Å². The first-order chi connectivity index (χ1) is 13.7. The highest BCUT2D eigenvalue weighted by Gasteiger charge is 2.48. The van der Waals surface area contributed by atoms with Crippen LogP contribution in [0.25, 0.3) is 16.7 Å². The van der Waals surface area contributed by atoms with E-state index in [1.165, 1.54) is 4.90 Å². The highest BCUT2D eigenvalue weighted by atomic mass is 16.2. The molecule has 0 unspecified atom stereocenters. The van der Waals surface area contributed by atoms with Crippen molar-refractivity contribution in [1.82, 2.24) is 24.8 Å². The maximum atomic E-state index is 13.1. The summed E-state index contributed by atoms with van der Waals surface area (Å²) in [5, 5.41) is 3.30. The number of fused-ring (bicyclic) bond motifs is 1. The van der Waals surface area contributed by atoms with E-state index in [9.17, 15) is 9.59 Å². The van der Waals surface area contributed by atoms with Crippen molar-refractivity contribution in [2.24, 2.45) is 5.41 Å². The molecule has 1 aromatic carbocycles. The van der Waals surface area contributed by atoms with Gasteiger partial charge in [-0.2, -0.15) is 0 Å².